The summed E-state index contributed by atoms with van der Waals surface area (Å²) in [5.74, 6) is 0.103. The molecule has 1 aliphatic heterocycles. The molecule has 0 radical (unpaired) electrons. The van der Waals surface area contributed by atoms with Crippen molar-refractivity contribution in [2.45, 2.75) is 31.1 Å². The molecule has 2 aromatic heterocycles. The molecule has 0 aliphatic carbocycles. The lowest BCUT2D eigenvalue weighted by Crippen LogP contribution is -2.33. The second-order valence-electron chi connectivity index (χ2n) is 10.3. The maximum atomic E-state index is 13.0. The third kappa shape index (κ3) is 4.94. The van der Waals surface area contributed by atoms with E-state index in [9.17, 15) is 19.6 Å². The quantitative estimate of drug-likeness (QED) is 0.116. The average Bonchev–Trinajstić information content (AvgIpc) is 3.54. The van der Waals surface area contributed by atoms with Crippen LogP contribution in [0.3, 0.4) is 0 Å². The first kappa shape index (κ1) is 27.6. The number of imidazole rings is 1. The molecule has 0 unspecified atom stereocenters. The van der Waals surface area contributed by atoms with E-state index in [2.05, 4.69) is 66.5 Å². The lowest BCUT2D eigenvalue weighted by atomic mass is 9.92. The number of hydrogen-bond acceptors (Lipinski definition) is 9. The monoisotopic (exact) mass is 604 g/mol. The van der Waals surface area contributed by atoms with Crippen LogP contribution >= 0.6 is 7.82 Å². The van der Waals surface area contributed by atoms with Crippen LogP contribution in [-0.4, -0.2) is 70.5 Å². The van der Waals surface area contributed by atoms with E-state index in [0.29, 0.717) is 0 Å². The van der Waals surface area contributed by atoms with Crippen molar-refractivity contribution in [3.8, 4) is 0 Å². The molecule has 6 aromatic rings. The first-order chi connectivity index (χ1) is 20.7. The number of phosphoric acid groups is 1. The molecule has 4 aromatic carbocycles. The number of aliphatic hydroxyl groups is 2. The van der Waals surface area contributed by atoms with Gasteiger partial charge in [0, 0.05) is 6.54 Å². The Hall–Kier alpha value is -4.27. The summed E-state index contributed by atoms with van der Waals surface area (Å²) in [5.41, 5.74) is 1.33. The lowest BCUT2D eigenvalue weighted by Gasteiger charge is -2.16. The molecule has 1 aliphatic rings. The van der Waals surface area contributed by atoms with Gasteiger partial charge in [-0.2, -0.15) is 0 Å². The van der Waals surface area contributed by atoms with Gasteiger partial charge in [0.1, 0.15) is 24.6 Å². The van der Waals surface area contributed by atoms with Crippen LogP contribution in [0.5, 0.6) is 0 Å². The number of phosphoric ester groups is 1. The Morgan fingerprint density at radius 1 is 0.953 bits per heavy atom. The number of amides is 2. The average molecular weight is 605 g/mol. The van der Waals surface area contributed by atoms with Crippen LogP contribution < -0.4 is 10.6 Å². The Morgan fingerprint density at radius 2 is 1.67 bits per heavy atom. The highest BCUT2D eigenvalue weighted by atomic mass is 31.2. The summed E-state index contributed by atoms with van der Waals surface area (Å²) in [6, 6.07) is 18.1. The Bertz CT molecular complexity index is 2030. The highest BCUT2D eigenvalue weighted by Crippen LogP contribution is 2.39. The normalized spacial score (nSPS) is 20.9. The molecular formula is C28H25N6O8P. The predicted octanol–water partition coefficient (Wildman–Crippen LogP) is 2.77. The number of nitrogens with one attached hydrogen (secondary N) is 2. The van der Waals surface area contributed by atoms with Crippen molar-refractivity contribution in [3.63, 3.8) is 0 Å². The SMILES string of the molecule is O=C(NCc1ccc2ccc3cccc4ccc1c2c34)Nc1ncnc2c1ncn2[C@@H]1O[C@H](COP(=O)(O)O)[C@@H](O)[C@H]1O. The summed E-state index contributed by atoms with van der Waals surface area (Å²) in [7, 11) is -4.81. The molecule has 1 fully saturated rings. The number of carbonyl (C=O) groups excluding carboxylic acids is 1. The number of benzene rings is 4. The van der Waals surface area contributed by atoms with E-state index in [1.54, 1.807) is 0 Å². The predicted molar refractivity (Wildman–Crippen MR) is 155 cm³/mol. The first-order valence-electron chi connectivity index (χ1n) is 13.3. The number of ether oxygens (including phenoxy) is 1. The van der Waals surface area contributed by atoms with Crippen molar-refractivity contribution >= 4 is 63.2 Å². The summed E-state index contributed by atoms with van der Waals surface area (Å²) in [6.45, 7) is -0.402. The number of aromatic nitrogens is 4. The van der Waals surface area contributed by atoms with E-state index in [1.807, 2.05) is 18.2 Å². The summed E-state index contributed by atoms with van der Waals surface area (Å²) in [6.07, 6.45) is -2.92. The van der Waals surface area contributed by atoms with Crippen molar-refractivity contribution in [2.24, 2.45) is 0 Å². The van der Waals surface area contributed by atoms with Gasteiger partial charge in [-0.3, -0.25) is 14.4 Å². The van der Waals surface area contributed by atoms with Crippen LogP contribution in [0.25, 0.3) is 43.5 Å². The molecule has 43 heavy (non-hydrogen) atoms. The molecule has 6 N–H and O–H groups in total. The molecule has 14 nitrogen and oxygen atoms in total. The zero-order chi connectivity index (χ0) is 29.9. The molecule has 4 atom stereocenters. The summed E-state index contributed by atoms with van der Waals surface area (Å²) >= 11 is 0. The van der Waals surface area contributed by atoms with Gasteiger partial charge in [0.25, 0.3) is 0 Å². The van der Waals surface area contributed by atoms with Gasteiger partial charge in [-0.05, 0) is 37.9 Å². The Balaban J connectivity index is 1.09. The minimum Gasteiger partial charge on any atom is -0.387 e. The van der Waals surface area contributed by atoms with E-state index in [-0.39, 0.29) is 23.5 Å². The zero-order valence-corrected chi connectivity index (χ0v) is 23.1. The molecule has 1 saturated heterocycles. The van der Waals surface area contributed by atoms with Crippen molar-refractivity contribution in [1.82, 2.24) is 24.8 Å². The molecule has 220 valence electrons. The number of aliphatic hydroxyl groups excluding tert-OH is 2. The Morgan fingerprint density at radius 3 is 2.44 bits per heavy atom. The zero-order valence-electron chi connectivity index (χ0n) is 22.2. The number of urea groups is 1. The molecule has 7 rings (SSSR count). The van der Waals surface area contributed by atoms with Gasteiger partial charge < -0.3 is 30.1 Å². The number of nitrogens with zero attached hydrogens (tertiary/aromatic N) is 4. The molecular weight excluding hydrogens is 579 g/mol. The molecule has 2 amide bonds. The number of hydrogen-bond donors (Lipinski definition) is 6. The highest BCUT2D eigenvalue weighted by molar-refractivity contribution is 7.46. The van der Waals surface area contributed by atoms with E-state index >= 15 is 0 Å². The number of fused-ring (bicyclic) bond motifs is 1. The summed E-state index contributed by atoms with van der Waals surface area (Å²) in [4.78, 5) is 43.4. The van der Waals surface area contributed by atoms with Crippen LogP contribution in [0.2, 0.25) is 0 Å². The van der Waals surface area contributed by atoms with Crippen LogP contribution in [0, 0.1) is 0 Å². The van der Waals surface area contributed by atoms with Crippen LogP contribution in [0.4, 0.5) is 10.6 Å². The maximum Gasteiger partial charge on any atom is 0.469 e. The standard InChI is InChI=1S/C28H25N6O8P/c35-23-19(11-41-43(38,39)40)42-27(24(23)36)34-13-32-22-25(30-12-31-26(22)34)33-28(37)29-10-17-7-6-16-5-4-14-2-1-3-15-8-9-18(17)21(16)20(14)15/h1-9,12-13,19,23-24,27,35-36H,10-11H2,(H2,38,39,40)(H2,29,30,31,33,37)/t19-,23-,24-,27-/m1/s1. The van der Waals surface area contributed by atoms with Crippen LogP contribution in [0.15, 0.2) is 67.3 Å². The fourth-order valence-corrected chi connectivity index (χ4v) is 6.02. The van der Waals surface area contributed by atoms with Crippen LogP contribution in [-0.2, 0) is 20.4 Å². The highest BCUT2D eigenvalue weighted by Gasteiger charge is 2.45. The van der Waals surface area contributed by atoms with Gasteiger partial charge in [0.05, 0.1) is 12.9 Å². The summed E-state index contributed by atoms with van der Waals surface area (Å²) < 4.78 is 22.4. The lowest BCUT2D eigenvalue weighted by molar-refractivity contribution is -0.0504. The Labute approximate surface area is 242 Å². The van der Waals surface area contributed by atoms with E-state index in [4.69, 9.17) is 14.5 Å². The molecule has 3 heterocycles. The largest absolute Gasteiger partial charge is 0.469 e. The van der Waals surface area contributed by atoms with Crippen LogP contribution in [0.1, 0.15) is 11.8 Å². The minimum atomic E-state index is -4.81. The first-order valence-corrected chi connectivity index (χ1v) is 14.8. The molecule has 15 heteroatoms. The smallest absolute Gasteiger partial charge is 0.387 e. The third-order valence-corrected chi connectivity index (χ3v) is 8.15. The maximum absolute atomic E-state index is 13.0. The van der Waals surface area contributed by atoms with E-state index < -0.39 is 45.0 Å². The van der Waals surface area contributed by atoms with Gasteiger partial charge in [0.15, 0.2) is 23.2 Å². The fourth-order valence-electron chi connectivity index (χ4n) is 5.67. The topological polar surface area (TPSA) is 201 Å². The van der Waals surface area contributed by atoms with Crippen molar-refractivity contribution in [2.75, 3.05) is 11.9 Å². The van der Waals surface area contributed by atoms with Gasteiger partial charge in [0.2, 0.25) is 0 Å². The number of rotatable bonds is 7. The van der Waals surface area contributed by atoms with Gasteiger partial charge in [-0.15, -0.1) is 0 Å². The van der Waals surface area contributed by atoms with Gasteiger partial charge >= 0.3 is 13.9 Å². The number of carbonyl (C=O) groups is 1. The second-order valence-corrected chi connectivity index (χ2v) is 11.5. The van der Waals surface area contributed by atoms with Gasteiger partial charge in [-0.1, -0.05) is 54.6 Å². The molecule has 0 saturated carbocycles. The number of anilines is 1. The van der Waals surface area contributed by atoms with Crippen molar-refractivity contribution in [3.05, 3.63) is 72.8 Å². The Kier molecular flexibility index (Phi) is 6.71. The molecule has 0 bridgehead atoms. The second kappa shape index (κ2) is 10.5. The van der Waals surface area contributed by atoms with E-state index in [1.165, 1.54) is 22.6 Å². The minimum absolute atomic E-state index is 0.103. The third-order valence-electron chi connectivity index (χ3n) is 7.67. The van der Waals surface area contributed by atoms with Crippen molar-refractivity contribution in [1.29, 1.82) is 0 Å². The van der Waals surface area contributed by atoms with E-state index in [0.717, 1.165) is 32.5 Å². The van der Waals surface area contributed by atoms with Gasteiger partial charge in [-0.25, -0.2) is 24.3 Å². The van der Waals surface area contributed by atoms with Crippen molar-refractivity contribution < 1.29 is 38.6 Å². The summed E-state index contributed by atoms with van der Waals surface area (Å²) in [5, 5.41) is 33.3. The fraction of sp³-hybridized carbons (Fsp3) is 0.214. The molecule has 0 spiro atoms.